The van der Waals surface area contributed by atoms with Crippen molar-refractivity contribution in [3.05, 3.63) is 22.7 Å². The third-order valence-electron chi connectivity index (χ3n) is 3.11. The van der Waals surface area contributed by atoms with E-state index in [4.69, 9.17) is 5.73 Å². The maximum atomic E-state index is 5.96. The van der Waals surface area contributed by atoms with Crippen molar-refractivity contribution in [1.29, 1.82) is 0 Å². The van der Waals surface area contributed by atoms with Gasteiger partial charge in [0.2, 0.25) is 0 Å². The molecule has 0 radical (unpaired) electrons. The summed E-state index contributed by atoms with van der Waals surface area (Å²) in [6.45, 7) is 0. The molecule has 1 aliphatic carbocycles. The van der Waals surface area contributed by atoms with Crippen LogP contribution in [0.15, 0.2) is 22.7 Å². The van der Waals surface area contributed by atoms with Gasteiger partial charge < -0.3 is 11.1 Å². The zero-order valence-electron chi connectivity index (χ0n) is 9.37. The maximum absolute atomic E-state index is 5.96. The summed E-state index contributed by atoms with van der Waals surface area (Å²) in [5.74, 6) is 0. The summed E-state index contributed by atoms with van der Waals surface area (Å²) in [5, 5.41) is 4.30. The van der Waals surface area contributed by atoms with Gasteiger partial charge in [-0.05, 0) is 37.3 Å². The highest BCUT2D eigenvalue weighted by atomic mass is 79.9. The molecular formula is C12H17BrN2S. The van der Waals surface area contributed by atoms with Crippen LogP contribution in [0.25, 0.3) is 0 Å². The predicted octanol–water partition coefficient (Wildman–Crippen LogP) is 3.73. The fraction of sp³-hybridized carbons (Fsp3) is 0.500. The van der Waals surface area contributed by atoms with Gasteiger partial charge in [0.1, 0.15) is 0 Å². The molecule has 0 saturated heterocycles. The SMILES string of the molecule is CSC1CCCC1Nc1cc(Br)ccc1N. The van der Waals surface area contributed by atoms with Gasteiger partial charge in [-0.3, -0.25) is 0 Å². The molecule has 1 saturated carbocycles. The van der Waals surface area contributed by atoms with Gasteiger partial charge in [0, 0.05) is 15.8 Å². The lowest BCUT2D eigenvalue weighted by Gasteiger charge is -2.21. The first-order chi connectivity index (χ1) is 7.70. The number of rotatable bonds is 3. The smallest absolute Gasteiger partial charge is 0.0587 e. The van der Waals surface area contributed by atoms with Crippen molar-refractivity contribution in [3.8, 4) is 0 Å². The van der Waals surface area contributed by atoms with Gasteiger partial charge in [0.25, 0.3) is 0 Å². The van der Waals surface area contributed by atoms with Crippen molar-refractivity contribution >= 4 is 39.1 Å². The Balaban J connectivity index is 2.11. The van der Waals surface area contributed by atoms with Crippen molar-refractivity contribution < 1.29 is 0 Å². The average molecular weight is 301 g/mol. The molecule has 2 atom stereocenters. The fourth-order valence-electron chi connectivity index (χ4n) is 2.23. The van der Waals surface area contributed by atoms with Crippen LogP contribution in [0.4, 0.5) is 11.4 Å². The standard InChI is InChI=1S/C12H17BrN2S/c1-16-12-4-2-3-10(12)15-11-7-8(13)5-6-9(11)14/h5-7,10,12,15H,2-4,14H2,1H3. The van der Waals surface area contributed by atoms with E-state index in [1.54, 1.807) is 0 Å². The van der Waals surface area contributed by atoms with E-state index in [1.165, 1.54) is 19.3 Å². The Morgan fingerprint density at radius 1 is 1.44 bits per heavy atom. The minimum Gasteiger partial charge on any atom is -0.397 e. The molecule has 88 valence electrons. The Kier molecular flexibility index (Phi) is 4.03. The minimum absolute atomic E-state index is 0.562. The van der Waals surface area contributed by atoms with Crippen LogP contribution in [0, 0.1) is 0 Å². The van der Waals surface area contributed by atoms with Gasteiger partial charge in [0.05, 0.1) is 11.4 Å². The predicted molar refractivity (Wildman–Crippen MR) is 77.1 cm³/mol. The molecule has 0 bridgehead atoms. The van der Waals surface area contributed by atoms with Gasteiger partial charge in [-0.15, -0.1) is 0 Å². The molecule has 16 heavy (non-hydrogen) atoms. The first-order valence-electron chi connectivity index (χ1n) is 5.55. The fourth-order valence-corrected chi connectivity index (χ4v) is 3.52. The van der Waals surface area contributed by atoms with Crippen LogP contribution in [0.1, 0.15) is 19.3 Å². The molecule has 0 spiro atoms. The molecule has 4 heteroatoms. The summed E-state index contributed by atoms with van der Waals surface area (Å²) in [4.78, 5) is 0. The molecule has 0 aliphatic heterocycles. The molecular weight excluding hydrogens is 284 g/mol. The summed E-state index contributed by atoms with van der Waals surface area (Å²) in [7, 11) is 0. The molecule has 0 aromatic heterocycles. The van der Waals surface area contributed by atoms with Gasteiger partial charge in [-0.1, -0.05) is 22.4 Å². The van der Waals surface area contributed by atoms with Crippen LogP contribution in [0.2, 0.25) is 0 Å². The van der Waals surface area contributed by atoms with E-state index in [0.29, 0.717) is 6.04 Å². The van der Waals surface area contributed by atoms with Crippen molar-refractivity contribution in [3.63, 3.8) is 0 Å². The largest absolute Gasteiger partial charge is 0.397 e. The minimum atomic E-state index is 0.562. The Morgan fingerprint density at radius 3 is 3.00 bits per heavy atom. The van der Waals surface area contributed by atoms with Gasteiger partial charge >= 0.3 is 0 Å². The summed E-state index contributed by atoms with van der Waals surface area (Å²) in [5.41, 5.74) is 7.85. The zero-order chi connectivity index (χ0) is 11.5. The second-order valence-corrected chi connectivity index (χ2v) is 6.18. The number of nitrogens with one attached hydrogen (secondary N) is 1. The Morgan fingerprint density at radius 2 is 2.25 bits per heavy atom. The molecule has 0 heterocycles. The second kappa shape index (κ2) is 5.32. The van der Waals surface area contributed by atoms with E-state index in [0.717, 1.165) is 21.1 Å². The quantitative estimate of drug-likeness (QED) is 0.836. The molecule has 2 nitrogen and oxygen atoms in total. The van der Waals surface area contributed by atoms with E-state index < -0.39 is 0 Å². The highest BCUT2D eigenvalue weighted by Crippen LogP contribution is 2.33. The summed E-state index contributed by atoms with van der Waals surface area (Å²) < 4.78 is 1.07. The molecule has 3 N–H and O–H groups in total. The lowest BCUT2D eigenvalue weighted by atomic mass is 10.2. The van der Waals surface area contributed by atoms with E-state index in [9.17, 15) is 0 Å². The zero-order valence-corrected chi connectivity index (χ0v) is 11.8. The van der Waals surface area contributed by atoms with Crippen LogP contribution in [0.3, 0.4) is 0 Å². The number of anilines is 2. The van der Waals surface area contributed by atoms with Crippen molar-refractivity contribution in [2.45, 2.75) is 30.6 Å². The van der Waals surface area contributed by atoms with E-state index in [2.05, 4.69) is 33.6 Å². The van der Waals surface area contributed by atoms with Crippen LogP contribution < -0.4 is 11.1 Å². The van der Waals surface area contributed by atoms with Crippen LogP contribution >= 0.6 is 27.7 Å². The van der Waals surface area contributed by atoms with Gasteiger partial charge in [0.15, 0.2) is 0 Å². The summed E-state index contributed by atoms with van der Waals surface area (Å²) in [6.07, 6.45) is 6.07. The van der Waals surface area contributed by atoms with Crippen LogP contribution in [-0.2, 0) is 0 Å². The average Bonchev–Trinajstić information content (AvgIpc) is 2.71. The third-order valence-corrected chi connectivity index (χ3v) is 4.77. The normalized spacial score (nSPS) is 24.6. The van der Waals surface area contributed by atoms with Crippen LogP contribution in [-0.4, -0.2) is 17.5 Å². The molecule has 1 aromatic rings. The number of hydrogen-bond acceptors (Lipinski definition) is 3. The van der Waals surface area contributed by atoms with Crippen molar-refractivity contribution in [1.82, 2.24) is 0 Å². The first kappa shape index (κ1) is 12.1. The molecule has 1 fully saturated rings. The topological polar surface area (TPSA) is 38.0 Å². The molecule has 1 aliphatic rings. The highest BCUT2D eigenvalue weighted by molar-refractivity contribution is 9.10. The first-order valence-corrected chi connectivity index (χ1v) is 7.63. The third kappa shape index (κ3) is 2.66. The molecule has 1 aromatic carbocycles. The monoisotopic (exact) mass is 300 g/mol. The van der Waals surface area contributed by atoms with Gasteiger partial charge in [-0.25, -0.2) is 0 Å². The Bertz CT molecular complexity index is 370. The number of benzene rings is 1. The number of nitrogens with two attached hydrogens (primary N) is 1. The summed E-state index contributed by atoms with van der Waals surface area (Å²) >= 11 is 5.43. The van der Waals surface area contributed by atoms with Crippen molar-refractivity contribution in [2.24, 2.45) is 0 Å². The summed E-state index contributed by atoms with van der Waals surface area (Å²) in [6, 6.07) is 6.54. The Hall–Kier alpha value is -0.350. The van der Waals surface area contributed by atoms with E-state index in [-0.39, 0.29) is 0 Å². The number of thioether (sulfide) groups is 1. The lowest BCUT2D eigenvalue weighted by Crippen LogP contribution is -2.26. The van der Waals surface area contributed by atoms with E-state index >= 15 is 0 Å². The number of hydrogen-bond donors (Lipinski definition) is 2. The lowest BCUT2D eigenvalue weighted by molar-refractivity contribution is 0.769. The Labute approximate surface area is 109 Å². The molecule has 2 rings (SSSR count). The van der Waals surface area contributed by atoms with Crippen LogP contribution in [0.5, 0.6) is 0 Å². The second-order valence-electron chi connectivity index (χ2n) is 4.19. The number of halogens is 1. The molecule has 2 unspecified atom stereocenters. The van der Waals surface area contributed by atoms with Gasteiger partial charge in [-0.2, -0.15) is 11.8 Å². The molecule has 0 amide bonds. The number of nitrogen functional groups attached to an aromatic ring is 1. The van der Waals surface area contributed by atoms with E-state index in [1.807, 2.05) is 23.9 Å². The van der Waals surface area contributed by atoms with Crippen molar-refractivity contribution in [2.75, 3.05) is 17.3 Å². The highest BCUT2D eigenvalue weighted by Gasteiger charge is 2.26. The maximum Gasteiger partial charge on any atom is 0.0587 e.